The first-order valence-corrected chi connectivity index (χ1v) is 7.92. The fraction of sp³-hybridized carbons (Fsp3) is 1.00. The molecule has 4 nitrogen and oxygen atoms in total. The van der Waals surface area contributed by atoms with E-state index < -0.39 is 9.84 Å². The van der Waals surface area contributed by atoms with Crippen LogP contribution in [-0.4, -0.2) is 50.0 Å². The van der Waals surface area contributed by atoms with Gasteiger partial charge in [-0.2, -0.15) is 0 Å². The molecule has 0 bridgehead atoms. The molecule has 1 aliphatic heterocycles. The maximum absolute atomic E-state index is 11.4. The third-order valence-corrected chi connectivity index (χ3v) is 5.89. The summed E-state index contributed by atoms with van der Waals surface area (Å²) in [6, 6.07) is 0.216. The van der Waals surface area contributed by atoms with Crippen molar-refractivity contribution in [2.75, 3.05) is 25.1 Å². The Hall–Kier alpha value is -0.130. The smallest absolute Gasteiger partial charge is 0.151 e. The van der Waals surface area contributed by atoms with Gasteiger partial charge in [0.05, 0.1) is 11.5 Å². The van der Waals surface area contributed by atoms with Crippen LogP contribution in [0.5, 0.6) is 0 Å². The lowest BCUT2D eigenvalue weighted by Crippen LogP contribution is -2.49. The van der Waals surface area contributed by atoms with Gasteiger partial charge in [-0.25, -0.2) is 8.42 Å². The minimum Gasteiger partial charge on any atom is -0.325 e. The minimum atomic E-state index is -2.76. The van der Waals surface area contributed by atoms with Gasteiger partial charge in [0, 0.05) is 11.6 Å². The van der Waals surface area contributed by atoms with Crippen LogP contribution in [0.1, 0.15) is 32.1 Å². The summed E-state index contributed by atoms with van der Waals surface area (Å²) in [4.78, 5) is 2.18. The lowest BCUT2D eigenvalue weighted by atomic mass is 9.75. The first-order valence-electron chi connectivity index (χ1n) is 6.10. The van der Waals surface area contributed by atoms with Crippen LogP contribution in [0.3, 0.4) is 0 Å². The highest BCUT2D eigenvalue weighted by Crippen LogP contribution is 2.32. The lowest BCUT2D eigenvalue weighted by Gasteiger charge is -2.39. The second-order valence-corrected chi connectivity index (χ2v) is 7.73. The predicted octanol–water partition coefficient (Wildman–Crippen LogP) is 0.377. The maximum atomic E-state index is 11.4. The Labute approximate surface area is 98.1 Å². The molecule has 0 aromatic carbocycles. The van der Waals surface area contributed by atoms with Crippen LogP contribution in [0.4, 0.5) is 0 Å². The van der Waals surface area contributed by atoms with Crippen LogP contribution >= 0.6 is 0 Å². The topological polar surface area (TPSA) is 63.4 Å². The van der Waals surface area contributed by atoms with Crippen molar-refractivity contribution in [2.45, 2.75) is 43.7 Å². The van der Waals surface area contributed by atoms with Crippen molar-refractivity contribution in [3.05, 3.63) is 0 Å². The lowest BCUT2D eigenvalue weighted by molar-refractivity contribution is 0.177. The van der Waals surface area contributed by atoms with Crippen LogP contribution in [0.2, 0.25) is 0 Å². The quantitative estimate of drug-likeness (QED) is 0.779. The Morgan fingerprint density at radius 3 is 2.56 bits per heavy atom. The number of hydrogen-bond donors (Lipinski definition) is 1. The van der Waals surface area contributed by atoms with Crippen molar-refractivity contribution in [3.8, 4) is 0 Å². The molecule has 1 unspecified atom stereocenters. The van der Waals surface area contributed by atoms with Gasteiger partial charge in [0.2, 0.25) is 0 Å². The van der Waals surface area contributed by atoms with Crippen molar-refractivity contribution in [3.63, 3.8) is 0 Å². The summed E-state index contributed by atoms with van der Waals surface area (Å²) in [7, 11) is -0.737. The maximum Gasteiger partial charge on any atom is 0.151 e. The predicted molar refractivity (Wildman–Crippen MR) is 65.1 cm³/mol. The molecule has 2 rings (SSSR count). The second kappa shape index (κ2) is 4.27. The van der Waals surface area contributed by atoms with Gasteiger partial charge >= 0.3 is 0 Å². The molecule has 1 aliphatic carbocycles. The third kappa shape index (κ3) is 2.76. The fourth-order valence-electron chi connectivity index (χ4n) is 2.59. The molecule has 0 radical (unpaired) electrons. The molecule has 1 saturated carbocycles. The van der Waals surface area contributed by atoms with E-state index >= 15 is 0 Å². The summed E-state index contributed by atoms with van der Waals surface area (Å²) in [5.74, 6) is 0.691. The second-order valence-electron chi connectivity index (χ2n) is 5.50. The Balaban J connectivity index is 1.78. The van der Waals surface area contributed by atoms with E-state index in [0.717, 1.165) is 32.2 Å². The van der Waals surface area contributed by atoms with Crippen molar-refractivity contribution in [1.29, 1.82) is 0 Å². The van der Waals surface area contributed by atoms with E-state index in [4.69, 9.17) is 5.73 Å². The molecule has 0 aromatic heterocycles. The van der Waals surface area contributed by atoms with Crippen molar-refractivity contribution in [1.82, 2.24) is 4.90 Å². The SMILES string of the molecule is CN(CCC1(N)CCC1)C1CCS(=O)(=O)C1. The van der Waals surface area contributed by atoms with E-state index in [1.165, 1.54) is 6.42 Å². The van der Waals surface area contributed by atoms with Crippen LogP contribution in [0.15, 0.2) is 0 Å². The first-order chi connectivity index (χ1) is 7.40. The van der Waals surface area contributed by atoms with Gasteiger partial charge in [-0.3, -0.25) is 0 Å². The molecule has 0 aromatic rings. The zero-order valence-electron chi connectivity index (χ0n) is 9.98. The number of nitrogens with two attached hydrogens (primary N) is 1. The number of sulfone groups is 1. The molecule has 5 heteroatoms. The molecule has 1 atom stereocenters. The van der Waals surface area contributed by atoms with Gasteiger partial charge in [0.1, 0.15) is 0 Å². The van der Waals surface area contributed by atoms with E-state index in [9.17, 15) is 8.42 Å². The van der Waals surface area contributed by atoms with E-state index in [-0.39, 0.29) is 11.6 Å². The first kappa shape index (κ1) is 12.3. The summed E-state index contributed by atoms with van der Waals surface area (Å²) >= 11 is 0. The van der Waals surface area contributed by atoms with Crippen molar-refractivity contribution >= 4 is 9.84 Å². The Morgan fingerprint density at radius 1 is 1.44 bits per heavy atom. The molecule has 2 aliphatic rings. The summed E-state index contributed by atoms with van der Waals surface area (Å²) in [5.41, 5.74) is 6.21. The van der Waals surface area contributed by atoms with Crippen molar-refractivity contribution < 1.29 is 8.42 Å². The summed E-state index contributed by atoms with van der Waals surface area (Å²) < 4.78 is 22.7. The molecule has 0 spiro atoms. The van der Waals surface area contributed by atoms with E-state index in [1.807, 2.05) is 7.05 Å². The highest BCUT2D eigenvalue weighted by atomic mass is 32.2. The molecule has 2 fully saturated rings. The zero-order valence-corrected chi connectivity index (χ0v) is 10.8. The van der Waals surface area contributed by atoms with Gasteiger partial charge in [-0.05, 0) is 45.7 Å². The Morgan fingerprint density at radius 2 is 2.12 bits per heavy atom. The fourth-order valence-corrected chi connectivity index (χ4v) is 4.39. The molecule has 0 amide bonds. The molecule has 1 saturated heterocycles. The highest BCUT2D eigenvalue weighted by Gasteiger charge is 2.34. The summed E-state index contributed by atoms with van der Waals surface area (Å²) in [6.45, 7) is 0.927. The third-order valence-electron chi connectivity index (χ3n) is 4.14. The van der Waals surface area contributed by atoms with Gasteiger partial charge in [-0.15, -0.1) is 0 Å². The van der Waals surface area contributed by atoms with Gasteiger partial charge in [-0.1, -0.05) is 0 Å². The van der Waals surface area contributed by atoms with Crippen LogP contribution in [0, 0.1) is 0 Å². The number of hydrogen-bond acceptors (Lipinski definition) is 4. The summed E-state index contributed by atoms with van der Waals surface area (Å²) in [5, 5.41) is 0. The number of nitrogens with zero attached hydrogens (tertiary/aromatic N) is 1. The van der Waals surface area contributed by atoms with Crippen LogP contribution < -0.4 is 5.73 Å². The molecule has 1 heterocycles. The average Bonchev–Trinajstić information content (AvgIpc) is 2.52. The van der Waals surface area contributed by atoms with Gasteiger partial charge in [0.25, 0.3) is 0 Å². The molecular formula is C11H22N2O2S. The standard InChI is InChI=1S/C11H22N2O2S/c1-13(7-6-11(12)4-2-5-11)10-3-8-16(14,15)9-10/h10H,2-9,12H2,1H3. The monoisotopic (exact) mass is 246 g/mol. The van der Waals surface area contributed by atoms with E-state index in [2.05, 4.69) is 4.90 Å². The molecular weight excluding hydrogens is 224 g/mol. The van der Waals surface area contributed by atoms with Gasteiger partial charge in [0.15, 0.2) is 9.84 Å². The van der Waals surface area contributed by atoms with Gasteiger partial charge < -0.3 is 10.6 Å². The largest absolute Gasteiger partial charge is 0.325 e. The van der Waals surface area contributed by atoms with Crippen molar-refractivity contribution in [2.24, 2.45) is 5.73 Å². The highest BCUT2D eigenvalue weighted by molar-refractivity contribution is 7.91. The van der Waals surface area contributed by atoms with Crippen LogP contribution in [0.25, 0.3) is 0 Å². The van der Waals surface area contributed by atoms with E-state index in [0.29, 0.717) is 11.5 Å². The molecule has 16 heavy (non-hydrogen) atoms. The Kier molecular flexibility index (Phi) is 3.29. The molecule has 2 N–H and O–H groups in total. The van der Waals surface area contributed by atoms with E-state index in [1.54, 1.807) is 0 Å². The summed E-state index contributed by atoms with van der Waals surface area (Å²) in [6.07, 6.45) is 5.29. The zero-order chi connectivity index (χ0) is 11.8. The Bertz CT molecular complexity index is 349. The average molecular weight is 246 g/mol. The number of rotatable bonds is 4. The molecule has 94 valence electrons. The van der Waals surface area contributed by atoms with Crippen LogP contribution in [-0.2, 0) is 9.84 Å². The minimum absolute atomic E-state index is 0.0474. The normalized spacial score (nSPS) is 31.6.